The van der Waals surface area contributed by atoms with Gasteiger partial charge in [0.15, 0.2) is 5.75 Å². The van der Waals surface area contributed by atoms with Gasteiger partial charge < -0.3 is 10.2 Å². The molecule has 0 unspecified atom stereocenters. The Bertz CT molecular complexity index is 331. The quantitative estimate of drug-likeness (QED) is 0.440. The van der Waals surface area contributed by atoms with Crippen molar-refractivity contribution in [2.75, 3.05) is 5.43 Å². The van der Waals surface area contributed by atoms with Gasteiger partial charge >= 0.3 is 6.61 Å². The van der Waals surface area contributed by atoms with E-state index < -0.39 is 6.61 Å². The molecule has 0 aromatic heterocycles. The predicted molar refractivity (Wildman–Crippen MR) is 46.3 cm³/mol. The molecular weight excluding hydrogens is 194 g/mol. The Morgan fingerprint density at radius 3 is 2.71 bits per heavy atom. The normalized spacial score (nSPS) is 10.0. The number of nitrogen functional groups attached to an aromatic ring is 1. The first-order valence-corrected chi connectivity index (χ1v) is 3.68. The number of benzene rings is 1. The molecule has 6 heteroatoms. The van der Waals surface area contributed by atoms with Crippen molar-refractivity contribution in [3.05, 3.63) is 23.8 Å². The first-order valence-electron chi connectivity index (χ1n) is 3.68. The first-order chi connectivity index (χ1) is 6.67. The molecule has 0 saturated carbocycles. The summed E-state index contributed by atoms with van der Waals surface area (Å²) in [6.45, 7) is -2.95. The minimum atomic E-state index is -2.95. The molecule has 14 heavy (non-hydrogen) atoms. The number of ether oxygens (including phenoxy) is 1. The number of alkyl halides is 2. The van der Waals surface area contributed by atoms with Crippen LogP contribution in [0, 0.1) is 0 Å². The lowest BCUT2D eigenvalue weighted by molar-refractivity contribution is -0.0493. The van der Waals surface area contributed by atoms with Gasteiger partial charge in [-0.25, -0.2) is 0 Å². The zero-order valence-corrected chi connectivity index (χ0v) is 7.04. The van der Waals surface area contributed by atoms with Crippen molar-refractivity contribution in [2.24, 2.45) is 5.84 Å². The Balaban J connectivity index is 3.01. The topological polar surface area (TPSA) is 64.3 Å². The van der Waals surface area contributed by atoms with E-state index in [1.54, 1.807) is 0 Å². The van der Waals surface area contributed by atoms with E-state index >= 15 is 0 Å². The van der Waals surface area contributed by atoms with E-state index in [0.717, 1.165) is 0 Å². The molecular formula is C8H8F2N2O2. The van der Waals surface area contributed by atoms with Gasteiger partial charge in [0.25, 0.3) is 0 Å². The zero-order valence-electron chi connectivity index (χ0n) is 7.04. The predicted octanol–water partition coefficient (Wildman–Crippen LogP) is 1.39. The van der Waals surface area contributed by atoms with Crippen molar-refractivity contribution in [3.8, 4) is 5.75 Å². The van der Waals surface area contributed by atoms with Crippen molar-refractivity contribution in [3.63, 3.8) is 0 Å². The Morgan fingerprint density at radius 1 is 1.50 bits per heavy atom. The van der Waals surface area contributed by atoms with E-state index in [1.807, 2.05) is 0 Å². The Hall–Kier alpha value is -1.69. The fraction of sp³-hybridized carbons (Fsp3) is 0.125. The van der Waals surface area contributed by atoms with Crippen molar-refractivity contribution in [1.82, 2.24) is 0 Å². The third-order valence-electron chi connectivity index (χ3n) is 1.51. The van der Waals surface area contributed by atoms with E-state index in [-0.39, 0.29) is 17.0 Å². The van der Waals surface area contributed by atoms with Gasteiger partial charge in [0.2, 0.25) is 0 Å². The van der Waals surface area contributed by atoms with E-state index in [9.17, 15) is 13.6 Å². The molecule has 0 heterocycles. The van der Waals surface area contributed by atoms with Crippen LogP contribution in [0.15, 0.2) is 18.2 Å². The molecule has 3 N–H and O–H groups in total. The second kappa shape index (κ2) is 4.52. The van der Waals surface area contributed by atoms with Crippen LogP contribution in [0.1, 0.15) is 10.4 Å². The molecule has 1 aromatic carbocycles. The lowest BCUT2D eigenvalue weighted by Gasteiger charge is -2.09. The smallest absolute Gasteiger partial charge is 0.387 e. The molecule has 1 aromatic rings. The van der Waals surface area contributed by atoms with Crippen LogP contribution in [0.3, 0.4) is 0 Å². The standard InChI is InChI=1S/C8H8F2N2O2/c9-8(10)14-7-3-5(4-13)1-2-6(7)12-11/h1-4,8,12H,11H2. The second-order valence-corrected chi connectivity index (χ2v) is 2.40. The van der Waals surface area contributed by atoms with Gasteiger partial charge in [-0.1, -0.05) is 0 Å². The van der Waals surface area contributed by atoms with Gasteiger partial charge in [0.05, 0.1) is 5.69 Å². The van der Waals surface area contributed by atoms with Crippen LogP contribution in [0.4, 0.5) is 14.5 Å². The summed E-state index contributed by atoms with van der Waals surface area (Å²) in [6, 6.07) is 3.98. The van der Waals surface area contributed by atoms with Crippen LogP contribution >= 0.6 is 0 Å². The SMILES string of the molecule is NNc1ccc(C=O)cc1OC(F)F. The number of hydrazine groups is 1. The van der Waals surface area contributed by atoms with Gasteiger partial charge in [0, 0.05) is 5.56 Å². The number of aldehydes is 1. The van der Waals surface area contributed by atoms with E-state index in [1.165, 1.54) is 18.2 Å². The van der Waals surface area contributed by atoms with Crippen LogP contribution < -0.4 is 16.0 Å². The molecule has 0 aliphatic heterocycles. The van der Waals surface area contributed by atoms with Crippen molar-refractivity contribution >= 4 is 12.0 Å². The summed E-state index contributed by atoms with van der Waals surface area (Å²) in [5.41, 5.74) is 2.60. The second-order valence-electron chi connectivity index (χ2n) is 2.40. The summed E-state index contributed by atoms with van der Waals surface area (Å²) in [5, 5.41) is 0. The number of nitrogens with two attached hydrogens (primary N) is 1. The fourth-order valence-corrected chi connectivity index (χ4v) is 0.925. The minimum absolute atomic E-state index is 0.160. The van der Waals surface area contributed by atoms with Crippen LogP contribution in [0.25, 0.3) is 0 Å². The number of nitrogens with one attached hydrogen (secondary N) is 1. The summed E-state index contributed by atoms with van der Waals surface area (Å²) in [7, 11) is 0. The van der Waals surface area contributed by atoms with Crippen LogP contribution in [-0.4, -0.2) is 12.9 Å². The summed E-state index contributed by atoms with van der Waals surface area (Å²) in [4.78, 5) is 10.3. The highest BCUT2D eigenvalue weighted by atomic mass is 19.3. The Morgan fingerprint density at radius 2 is 2.21 bits per heavy atom. The highest BCUT2D eigenvalue weighted by Crippen LogP contribution is 2.25. The maximum Gasteiger partial charge on any atom is 0.387 e. The molecule has 0 bridgehead atoms. The largest absolute Gasteiger partial charge is 0.433 e. The van der Waals surface area contributed by atoms with Gasteiger partial charge in [-0.3, -0.25) is 10.6 Å². The highest BCUT2D eigenvalue weighted by molar-refractivity contribution is 5.77. The summed E-state index contributed by atoms with van der Waals surface area (Å²) < 4.78 is 27.9. The third-order valence-corrected chi connectivity index (χ3v) is 1.51. The van der Waals surface area contributed by atoms with Crippen LogP contribution in [0.2, 0.25) is 0 Å². The maximum absolute atomic E-state index is 11.9. The van der Waals surface area contributed by atoms with Crippen LogP contribution in [0.5, 0.6) is 5.75 Å². The van der Waals surface area contributed by atoms with Gasteiger partial charge in [-0.2, -0.15) is 8.78 Å². The van der Waals surface area contributed by atoms with E-state index in [0.29, 0.717) is 6.29 Å². The molecule has 0 atom stereocenters. The lowest BCUT2D eigenvalue weighted by atomic mass is 10.2. The maximum atomic E-state index is 11.9. The van der Waals surface area contributed by atoms with Crippen LogP contribution in [-0.2, 0) is 0 Å². The Kier molecular flexibility index (Phi) is 3.35. The monoisotopic (exact) mass is 202 g/mol. The molecule has 0 aliphatic carbocycles. The lowest BCUT2D eigenvalue weighted by Crippen LogP contribution is -2.11. The number of anilines is 1. The molecule has 76 valence electrons. The van der Waals surface area contributed by atoms with E-state index in [4.69, 9.17) is 5.84 Å². The van der Waals surface area contributed by atoms with Gasteiger partial charge in [-0.05, 0) is 18.2 Å². The highest BCUT2D eigenvalue weighted by Gasteiger charge is 2.09. The summed E-state index contributed by atoms with van der Waals surface area (Å²) in [6.07, 6.45) is 0.526. The first kappa shape index (κ1) is 10.4. The summed E-state index contributed by atoms with van der Waals surface area (Å²) >= 11 is 0. The average molecular weight is 202 g/mol. The molecule has 0 amide bonds. The summed E-state index contributed by atoms with van der Waals surface area (Å²) in [5.74, 6) is 4.89. The number of carbonyl (C=O) groups is 1. The fourth-order valence-electron chi connectivity index (χ4n) is 0.925. The van der Waals surface area contributed by atoms with E-state index in [2.05, 4.69) is 10.2 Å². The van der Waals surface area contributed by atoms with Crippen molar-refractivity contribution in [1.29, 1.82) is 0 Å². The third kappa shape index (κ3) is 2.40. The molecule has 0 spiro atoms. The zero-order chi connectivity index (χ0) is 10.6. The molecule has 4 nitrogen and oxygen atoms in total. The number of carbonyl (C=O) groups excluding carboxylic acids is 1. The van der Waals surface area contributed by atoms with Gasteiger partial charge in [-0.15, -0.1) is 0 Å². The molecule has 1 rings (SSSR count). The number of hydrogen-bond donors (Lipinski definition) is 2. The van der Waals surface area contributed by atoms with Gasteiger partial charge in [0.1, 0.15) is 6.29 Å². The number of halogens is 2. The molecule has 0 fully saturated rings. The Labute approximate surface area is 78.6 Å². The van der Waals surface area contributed by atoms with Crippen molar-refractivity contribution in [2.45, 2.75) is 6.61 Å². The molecule has 0 aliphatic rings. The molecule has 0 radical (unpaired) electrons. The van der Waals surface area contributed by atoms with Crippen molar-refractivity contribution < 1.29 is 18.3 Å². The number of rotatable bonds is 4. The molecule has 0 saturated heterocycles. The average Bonchev–Trinajstić information content (AvgIpc) is 2.16. The number of hydrogen-bond acceptors (Lipinski definition) is 4. The minimum Gasteiger partial charge on any atom is -0.433 e.